The van der Waals surface area contributed by atoms with Crippen LogP contribution in [0, 0.1) is 22.2 Å². The summed E-state index contributed by atoms with van der Waals surface area (Å²) in [6.07, 6.45) is 7.68. The van der Waals surface area contributed by atoms with E-state index < -0.39 is 0 Å². The smallest absolute Gasteiger partial charge is 0.153 e. The van der Waals surface area contributed by atoms with Gasteiger partial charge in [0, 0.05) is 31.6 Å². The van der Waals surface area contributed by atoms with Gasteiger partial charge in [-0.15, -0.1) is 0 Å². The molecule has 4 saturated carbocycles. The Balaban J connectivity index is 1.50. The molecule has 0 N–H and O–H groups in total. The third kappa shape index (κ3) is 2.45. The average Bonchev–Trinajstić information content (AvgIpc) is 2.37. The lowest BCUT2D eigenvalue weighted by molar-refractivity contribution is -0.169. The zero-order valence-corrected chi connectivity index (χ0v) is 14.7. The number of nitrogens with zero attached hydrogens (tertiary/aromatic N) is 2. The van der Waals surface area contributed by atoms with Crippen LogP contribution >= 0.6 is 0 Å². The number of hydrogen-bond acceptors (Lipinski definition) is 3. The Bertz CT molecular complexity index is 462. The van der Waals surface area contributed by atoms with E-state index in [0.717, 1.165) is 32.1 Å². The molecule has 5 aliphatic rings. The SMILES string of the molecule is CN1CCN(CC(=O)C23CC4CC(C)(CC(C)(C4)C2)C3)CC1. The number of ketones is 1. The van der Waals surface area contributed by atoms with E-state index in [1.807, 2.05) is 0 Å². The summed E-state index contributed by atoms with van der Waals surface area (Å²) in [6.45, 7) is 10.00. The van der Waals surface area contributed by atoms with Gasteiger partial charge >= 0.3 is 0 Å². The van der Waals surface area contributed by atoms with Gasteiger partial charge in [0.15, 0.2) is 5.78 Å². The van der Waals surface area contributed by atoms with Crippen LogP contribution in [-0.2, 0) is 4.79 Å². The Morgan fingerprint density at radius 2 is 1.55 bits per heavy atom. The molecule has 5 fully saturated rings. The number of likely N-dealkylation sites (N-methyl/N-ethyl adjacent to an activating group) is 1. The first-order valence-electron chi connectivity index (χ1n) is 9.24. The number of carbonyl (C=O) groups is 1. The van der Waals surface area contributed by atoms with E-state index in [0.29, 0.717) is 23.2 Å². The predicted molar refractivity (Wildman–Crippen MR) is 88.8 cm³/mol. The quantitative estimate of drug-likeness (QED) is 0.801. The first-order chi connectivity index (χ1) is 10.3. The van der Waals surface area contributed by atoms with Crippen molar-refractivity contribution in [1.29, 1.82) is 0 Å². The van der Waals surface area contributed by atoms with Crippen molar-refractivity contribution in [1.82, 2.24) is 9.80 Å². The second kappa shape index (κ2) is 4.80. The molecule has 124 valence electrons. The van der Waals surface area contributed by atoms with Gasteiger partial charge in [0.25, 0.3) is 0 Å². The van der Waals surface area contributed by atoms with Crippen LogP contribution in [0.2, 0.25) is 0 Å². The molecule has 3 heteroatoms. The van der Waals surface area contributed by atoms with E-state index in [-0.39, 0.29) is 5.41 Å². The highest BCUT2D eigenvalue weighted by atomic mass is 16.1. The van der Waals surface area contributed by atoms with Crippen molar-refractivity contribution in [2.75, 3.05) is 39.8 Å². The van der Waals surface area contributed by atoms with Gasteiger partial charge in [0.2, 0.25) is 0 Å². The monoisotopic (exact) mass is 304 g/mol. The molecule has 22 heavy (non-hydrogen) atoms. The molecule has 0 aromatic carbocycles. The summed E-state index contributed by atoms with van der Waals surface area (Å²) in [4.78, 5) is 18.1. The van der Waals surface area contributed by atoms with Crippen LogP contribution in [0.3, 0.4) is 0 Å². The minimum Gasteiger partial charge on any atom is -0.304 e. The summed E-state index contributed by atoms with van der Waals surface area (Å²) in [6, 6.07) is 0. The van der Waals surface area contributed by atoms with Crippen molar-refractivity contribution in [3.63, 3.8) is 0 Å². The van der Waals surface area contributed by atoms with Crippen molar-refractivity contribution in [3.8, 4) is 0 Å². The minimum atomic E-state index is 0.0340. The first-order valence-corrected chi connectivity index (χ1v) is 9.24. The predicted octanol–water partition coefficient (Wildman–Crippen LogP) is 2.80. The standard InChI is InChI=1S/C19H32N2O/c1-17-8-15-9-18(2,12-17)14-19(10-15,13-17)16(22)11-21-6-4-20(3)5-7-21/h15H,4-14H2,1-3H3. The van der Waals surface area contributed by atoms with Crippen LogP contribution in [0.25, 0.3) is 0 Å². The Morgan fingerprint density at radius 3 is 2.09 bits per heavy atom. The Morgan fingerprint density at radius 1 is 0.955 bits per heavy atom. The van der Waals surface area contributed by atoms with E-state index in [2.05, 4.69) is 30.7 Å². The lowest BCUT2D eigenvalue weighted by Gasteiger charge is -2.65. The van der Waals surface area contributed by atoms with Gasteiger partial charge in [-0.3, -0.25) is 9.69 Å². The Kier molecular flexibility index (Phi) is 3.30. The van der Waals surface area contributed by atoms with Gasteiger partial charge in [0.05, 0.1) is 6.54 Å². The second-order valence-corrected chi connectivity index (χ2v) is 9.91. The number of carbonyl (C=O) groups excluding carboxylic acids is 1. The molecule has 1 aliphatic heterocycles. The number of hydrogen-bond donors (Lipinski definition) is 0. The fourth-order valence-corrected chi connectivity index (χ4v) is 7.14. The molecule has 2 unspecified atom stereocenters. The van der Waals surface area contributed by atoms with Crippen molar-refractivity contribution >= 4 is 5.78 Å². The summed E-state index contributed by atoms with van der Waals surface area (Å²) in [7, 11) is 2.18. The van der Waals surface area contributed by atoms with E-state index in [1.54, 1.807) is 0 Å². The highest BCUT2D eigenvalue weighted by Gasteiger charge is 2.62. The summed E-state index contributed by atoms with van der Waals surface area (Å²) >= 11 is 0. The van der Waals surface area contributed by atoms with Crippen LogP contribution in [0.15, 0.2) is 0 Å². The van der Waals surface area contributed by atoms with Crippen LogP contribution in [0.5, 0.6) is 0 Å². The molecular weight excluding hydrogens is 272 g/mol. The van der Waals surface area contributed by atoms with E-state index in [4.69, 9.17) is 0 Å². The minimum absolute atomic E-state index is 0.0340. The highest BCUT2D eigenvalue weighted by molar-refractivity contribution is 5.87. The maximum absolute atomic E-state index is 13.3. The maximum Gasteiger partial charge on any atom is 0.153 e. The zero-order valence-electron chi connectivity index (χ0n) is 14.7. The molecule has 1 saturated heterocycles. The van der Waals surface area contributed by atoms with Crippen LogP contribution in [-0.4, -0.2) is 55.4 Å². The molecule has 0 aromatic rings. The average molecular weight is 304 g/mol. The first kappa shape index (κ1) is 15.1. The molecule has 2 atom stereocenters. The third-order valence-electron chi connectivity index (χ3n) is 7.18. The third-order valence-corrected chi connectivity index (χ3v) is 7.18. The molecule has 0 spiro atoms. The van der Waals surface area contributed by atoms with Gasteiger partial charge in [-0.2, -0.15) is 0 Å². The molecule has 4 aliphatic carbocycles. The molecule has 0 radical (unpaired) electrons. The van der Waals surface area contributed by atoms with Crippen molar-refractivity contribution in [2.24, 2.45) is 22.2 Å². The second-order valence-electron chi connectivity index (χ2n) is 9.91. The molecule has 1 heterocycles. The van der Waals surface area contributed by atoms with Gasteiger partial charge in [-0.25, -0.2) is 0 Å². The van der Waals surface area contributed by atoms with Crippen LogP contribution in [0.4, 0.5) is 0 Å². The normalized spacial score (nSPS) is 48.8. The van der Waals surface area contributed by atoms with Gasteiger partial charge < -0.3 is 4.90 Å². The Hall–Kier alpha value is -0.410. The number of piperazine rings is 1. The van der Waals surface area contributed by atoms with Crippen molar-refractivity contribution < 1.29 is 4.79 Å². The van der Waals surface area contributed by atoms with Crippen LogP contribution < -0.4 is 0 Å². The van der Waals surface area contributed by atoms with Crippen LogP contribution in [0.1, 0.15) is 52.4 Å². The lowest BCUT2D eigenvalue weighted by Crippen LogP contribution is -2.59. The molecule has 3 nitrogen and oxygen atoms in total. The molecule has 5 rings (SSSR count). The van der Waals surface area contributed by atoms with Gasteiger partial charge in [0.1, 0.15) is 0 Å². The summed E-state index contributed by atoms with van der Waals surface area (Å²) < 4.78 is 0. The molecule has 0 amide bonds. The fourth-order valence-electron chi connectivity index (χ4n) is 7.14. The largest absolute Gasteiger partial charge is 0.304 e. The van der Waals surface area contributed by atoms with E-state index in [9.17, 15) is 4.79 Å². The summed E-state index contributed by atoms with van der Waals surface area (Å²) in [5.74, 6) is 1.40. The lowest BCUT2D eigenvalue weighted by atomic mass is 9.39. The van der Waals surface area contributed by atoms with Crippen molar-refractivity contribution in [2.45, 2.75) is 52.4 Å². The van der Waals surface area contributed by atoms with Gasteiger partial charge in [-0.1, -0.05) is 13.8 Å². The molecule has 0 aromatic heterocycles. The summed E-state index contributed by atoms with van der Waals surface area (Å²) in [5, 5.41) is 0. The Labute approximate surface area is 135 Å². The fraction of sp³-hybridized carbons (Fsp3) is 0.947. The number of rotatable bonds is 3. The van der Waals surface area contributed by atoms with E-state index >= 15 is 0 Å². The van der Waals surface area contributed by atoms with Crippen molar-refractivity contribution in [3.05, 3.63) is 0 Å². The highest BCUT2D eigenvalue weighted by Crippen LogP contribution is 2.69. The maximum atomic E-state index is 13.3. The van der Waals surface area contributed by atoms with Gasteiger partial charge in [-0.05, 0) is 62.3 Å². The van der Waals surface area contributed by atoms with E-state index in [1.165, 1.54) is 38.5 Å². The topological polar surface area (TPSA) is 23.6 Å². The molecular formula is C19H32N2O. The zero-order chi connectivity index (χ0) is 15.6. The number of Topliss-reactive ketones (excluding diaryl/α,β-unsaturated/α-hetero) is 1. The molecule has 4 bridgehead atoms. The summed E-state index contributed by atoms with van der Waals surface area (Å²) in [5.41, 5.74) is 0.935.